The Morgan fingerprint density at radius 3 is 2.67 bits per heavy atom. The normalized spacial score (nSPS) is 14.6. The van der Waals surface area contributed by atoms with Crippen LogP contribution in [0, 0.1) is 10.1 Å². The molecule has 1 aliphatic heterocycles. The summed E-state index contributed by atoms with van der Waals surface area (Å²) in [6, 6.07) is 4.24. The molecule has 1 saturated heterocycles. The maximum atomic E-state index is 12.3. The summed E-state index contributed by atoms with van der Waals surface area (Å²) >= 11 is 0. The molecule has 1 fully saturated rings. The van der Waals surface area contributed by atoms with E-state index >= 15 is 0 Å². The number of carbonyl (C=O) groups is 2. The van der Waals surface area contributed by atoms with Crippen LogP contribution in [-0.4, -0.2) is 35.3 Å². The molecule has 0 aliphatic carbocycles. The predicted octanol–water partition coefficient (Wildman–Crippen LogP) is 1.89. The Balaban J connectivity index is 2.24. The van der Waals surface area contributed by atoms with Crippen molar-refractivity contribution in [1.29, 1.82) is 0 Å². The van der Waals surface area contributed by atoms with E-state index in [1.165, 1.54) is 18.2 Å². The molecule has 1 aliphatic rings. The van der Waals surface area contributed by atoms with Crippen LogP contribution in [0.1, 0.15) is 35.2 Å². The highest BCUT2D eigenvalue weighted by Crippen LogP contribution is 2.23. The van der Waals surface area contributed by atoms with Gasteiger partial charge >= 0.3 is 0 Å². The number of amides is 1. The third-order valence-corrected chi connectivity index (χ3v) is 3.48. The van der Waals surface area contributed by atoms with Gasteiger partial charge in [-0.2, -0.15) is 0 Å². The van der Waals surface area contributed by atoms with Crippen LogP contribution < -0.4 is 0 Å². The SMILES string of the molecule is O=COCc1ccc(C(=O)N2CCCCC2)cc1[N+](=O)[O-]. The van der Waals surface area contributed by atoms with E-state index < -0.39 is 4.92 Å². The number of carbonyl (C=O) groups excluding carboxylic acids is 2. The van der Waals surface area contributed by atoms with E-state index in [2.05, 4.69) is 4.74 Å². The van der Waals surface area contributed by atoms with E-state index in [-0.39, 0.29) is 30.2 Å². The van der Waals surface area contributed by atoms with Crippen LogP contribution in [0.4, 0.5) is 5.69 Å². The minimum atomic E-state index is -0.573. The molecule has 2 rings (SSSR count). The van der Waals surface area contributed by atoms with E-state index in [0.29, 0.717) is 18.7 Å². The fraction of sp³-hybridized carbons (Fsp3) is 0.429. The highest BCUT2D eigenvalue weighted by atomic mass is 16.6. The van der Waals surface area contributed by atoms with Gasteiger partial charge < -0.3 is 9.64 Å². The van der Waals surface area contributed by atoms with Gasteiger partial charge in [-0.25, -0.2) is 0 Å². The van der Waals surface area contributed by atoms with Crippen molar-refractivity contribution in [1.82, 2.24) is 4.90 Å². The molecule has 0 unspecified atom stereocenters. The summed E-state index contributed by atoms with van der Waals surface area (Å²) in [4.78, 5) is 34.7. The molecule has 0 radical (unpaired) electrons. The second-order valence-electron chi connectivity index (χ2n) is 4.86. The van der Waals surface area contributed by atoms with Crippen LogP contribution >= 0.6 is 0 Å². The zero-order valence-corrected chi connectivity index (χ0v) is 11.5. The summed E-state index contributed by atoms with van der Waals surface area (Å²) in [6.45, 7) is 1.42. The summed E-state index contributed by atoms with van der Waals surface area (Å²) in [7, 11) is 0. The van der Waals surface area contributed by atoms with Gasteiger partial charge in [-0.15, -0.1) is 0 Å². The van der Waals surface area contributed by atoms with Crippen LogP contribution in [0.2, 0.25) is 0 Å². The number of rotatable bonds is 5. The number of piperidine rings is 1. The van der Waals surface area contributed by atoms with Gasteiger partial charge in [0.05, 0.1) is 10.5 Å². The van der Waals surface area contributed by atoms with Gasteiger partial charge in [0.2, 0.25) is 0 Å². The van der Waals surface area contributed by atoms with E-state index in [1.807, 2.05) is 0 Å². The van der Waals surface area contributed by atoms with Gasteiger partial charge in [-0.3, -0.25) is 19.7 Å². The van der Waals surface area contributed by atoms with E-state index in [0.717, 1.165) is 19.3 Å². The van der Waals surface area contributed by atoms with Crippen molar-refractivity contribution in [2.24, 2.45) is 0 Å². The first-order valence-electron chi connectivity index (χ1n) is 6.75. The Bertz CT molecular complexity index is 552. The average Bonchev–Trinajstić information content (AvgIpc) is 2.52. The molecule has 21 heavy (non-hydrogen) atoms. The summed E-state index contributed by atoms with van der Waals surface area (Å²) in [5, 5.41) is 11.1. The molecular formula is C14H16N2O5. The predicted molar refractivity (Wildman–Crippen MR) is 73.7 cm³/mol. The van der Waals surface area contributed by atoms with Gasteiger partial charge in [0.25, 0.3) is 18.1 Å². The molecule has 1 amide bonds. The van der Waals surface area contributed by atoms with Crippen LogP contribution in [0.15, 0.2) is 18.2 Å². The molecule has 0 saturated carbocycles. The van der Waals surface area contributed by atoms with Crippen LogP contribution in [0.3, 0.4) is 0 Å². The van der Waals surface area contributed by atoms with Crippen molar-refractivity contribution >= 4 is 18.1 Å². The lowest BCUT2D eigenvalue weighted by Crippen LogP contribution is -2.35. The minimum absolute atomic E-state index is 0.183. The molecule has 0 spiro atoms. The molecule has 0 aromatic heterocycles. The van der Waals surface area contributed by atoms with Crippen molar-refractivity contribution in [3.05, 3.63) is 39.4 Å². The highest BCUT2D eigenvalue weighted by Gasteiger charge is 2.22. The molecular weight excluding hydrogens is 276 g/mol. The Hall–Kier alpha value is -2.44. The van der Waals surface area contributed by atoms with Gasteiger partial charge in [0.15, 0.2) is 0 Å². The van der Waals surface area contributed by atoms with Gasteiger partial charge in [0.1, 0.15) is 6.61 Å². The number of ether oxygens (including phenoxy) is 1. The number of likely N-dealkylation sites (tertiary alicyclic amines) is 1. The lowest BCUT2D eigenvalue weighted by Gasteiger charge is -2.26. The quantitative estimate of drug-likeness (QED) is 0.469. The van der Waals surface area contributed by atoms with Gasteiger partial charge in [-0.1, -0.05) is 0 Å². The van der Waals surface area contributed by atoms with Crippen molar-refractivity contribution in [2.45, 2.75) is 25.9 Å². The maximum absolute atomic E-state index is 12.3. The Labute approximate surface area is 121 Å². The van der Waals surface area contributed by atoms with E-state index in [4.69, 9.17) is 0 Å². The van der Waals surface area contributed by atoms with Crippen molar-refractivity contribution in [2.75, 3.05) is 13.1 Å². The standard InChI is InChI=1S/C14H16N2O5/c17-10-21-9-12-5-4-11(8-13(12)16(19)20)14(18)15-6-2-1-3-7-15/h4-5,8,10H,1-3,6-7,9H2. The van der Waals surface area contributed by atoms with Gasteiger partial charge in [-0.05, 0) is 31.4 Å². The van der Waals surface area contributed by atoms with Crippen molar-refractivity contribution in [3.63, 3.8) is 0 Å². The monoisotopic (exact) mass is 292 g/mol. The Morgan fingerprint density at radius 1 is 1.33 bits per heavy atom. The first-order valence-corrected chi connectivity index (χ1v) is 6.75. The molecule has 1 aromatic carbocycles. The summed E-state index contributed by atoms with van der Waals surface area (Å²) in [6.07, 6.45) is 3.02. The Kier molecular flexibility index (Phi) is 4.86. The fourth-order valence-electron chi connectivity index (χ4n) is 2.39. The van der Waals surface area contributed by atoms with E-state index in [9.17, 15) is 19.7 Å². The van der Waals surface area contributed by atoms with Crippen LogP contribution in [0.25, 0.3) is 0 Å². The largest absolute Gasteiger partial charge is 0.463 e. The molecule has 7 heteroatoms. The number of nitrogens with zero attached hydrogens (tertiary/aromatic N) is 2. The molecule has 7 nitrogen and oxygen atoms in total. The number of nitro groups is 1. The van der Waals surface area contributed by atoms with E-state index in [1.54, 1.807) is 4.90 Å². The molecule has 0 N–H and O–H groups in total. The van der Waals surface area contributed by atoms with Crippen molar-refractivity contribution < 1.29 is 19.2 Å². The first kappa shape index (κ1) is 15.0. The smallest absolute Gasteiger partial charge is 0.293 e. The molecule has 1 heterocycles. The van der Waals surface area contributed by atoms with Crippen molar-refractivity contribution in [3.8, 4) is 0 Å². The molecule has 1 aromatic rings. The number of hydrogen-bond acceptors (Lipinski definition) is 5. The number of nitro benzene ring substituents is 1. The summed E-state index contributed by atoms with van der Waals surface area (Å²) < 4.78 is 4.55. The third-order valence-electron chi connectivity index (χ3n) is 3.48. The van der Waals surface area contributed by atoms with Crippen LogP contribution in [-0.2, 0) is 16.1 Å². The first-order chi connectivity index (χ1) is 10.1. The Morgan fingerprint density at radius 2 is 2.05 bits per heavy atom. The lowest BCUT2D eigenvalue weighted by atomic mass is 10.1. The minimum Gasteiger partial charge on any atom is -0.463 e. The third kappa shape index (κ3) is 3.56. The zero-order chi connectivity index (χ0) is 15.2. The highest BCUT2D eigenvalue weighted by molar-refractivity contribution is 5.95. The lowest BCUT2D eigenvalue weighted by molar-refractivity contribution is -0.385. The maximum Gasteiger partial charge on any atom is 0.293 e. The number of hydrogen-bond donors (Lipinski definition) is 0. The topological polar surface area (TPSA) is 89.8 Å². The zero-order valence-electron chi connectivity index (χ0n) is 11.5. The fourth-order valence-corrected chi connectivity index (χ4v) is 2.39. The van der Waals surface area contributed by atoms with Gasteiger partial charge in [0, 0.05) is 24.7 Å². The average molecular weight is 292 g/mol. The molecule has 0 atom stereocenters. The molecule has 0 bridgehead atoms. The van der Waals surface area contributed by atoms with Crippen LogP contribution in [0.5, 0.6) is 0 Å². The molecule has 112 valence electrons. The summed E-state index contributed by atoms with van der Waals surface area (Å²) in [5.41, 5.74) is 0.348. The second-order valence-corrected chi connectivity index (χ2v) is 4.86. The second kappa shape index (κ2) is 6.83. The summed E-state index contributed by atoms with van der Waals surface area (Å²) in [5.74, 6) is -0.194. The number of benzene rings is 1.